The van der Waals surface area contributed by atoms with Gasteiger partial charge in [0.2, 0.25) is 0 Å². The fourth-order valence-corrected chi connectivity index (χ4v) is 2.41. The van der Waals surface area contributed by atoms with Gasteiger partial charge in [0.25, 0.3) is 0 Å². The molecule has 0 bridgehead atoms. The molecule has 0 radical (unpaired) electrons. The van der Waals surface area contributed by atoms with Crippen LogP contribution in [0.4, 0.5) is 0 Å². The number of nitrogens with one attached hydrogen (secondary N) is 2. The standard InChI is InChI=1S/C17H25N5.HI/c1-4-14(15-8-6-5-7-9-15)12-19-17(18-2)20-13-16-10-11-21-22(16)3;/h5-11,14H,4,12-13H2,1-3H3,(H2,18,19,20);1H. The van der Waals surface area contributed by atoms with Gasteiger partial charge in [0.15, 0.2) is 5.96 Å². The number of benzene rings is 1. The molecule has 0 fully saturated rings. The van der Waals surface area contributed by atoms with E-state index in [9.17, 15) is 0 Å². The minimum Gasteiger partial charge on any atom is -0.356 e. The van der Waals surface area contributed by atoms with Crippen LogP contribution in [0.1, 0.15) is 30.5 Å². The minimum atomic E-state index is 0. The molecule has 2 aromatic rings. The van der Waals surface area contributed by atoms with Gasteiger partial charge in [0.05, 0.1) is 12.2 Å². The highest BCUT2D eigenvalue weighted by Gasteiger charge is 2.10. The Kier molecular flexibility index (Phi) is 8.68. The Bertz CT molecular complexity index is 594. The van der Waals surface area contributed by atoms with Crippen LogP contribution < -0.4 is 10.6 Å². The van der Waals surface area contributed by atoms with Gasteiger partial charge in [-0.1, -0.05) is 37.3 Å². The number of aromatic nitrogens is 2. The second kappa shape index (κ2) is 10.3. The third kappa shape index (κ3) is 5.85. The number of nitrogens with zero attached hydrogens (tertiary/aromatic N) is 3. The maximum atomic E-state index is 4.28. The third-order valence-corrected chi connectivity index (χ3v) is 3.86. The molecular weight excluding hydrogens is 401 g/mol. The molecule has 0 aliphatic heterocycles. The van der Waals surface area contributed by atoms with Crippen molar-refractivity contribution in [3.05, 3.63) is 53.9 Å². The van der Waals surface area contributed by atoms with Crippen molar-refractivity contribution >= 4 is 29.9 Å². The Morgan fingerprint density at radius 3 is 2.52 bits per heavy atom. The zero-order valence-electron chi connectivity index (χ0n) is 14.0. The molecule has 126 valence electrons. The molecule has 0 spiro atoms. The van der Waals surface area contributed by atoms with E-state index in [-0.39, 0.29) is 24.0 Å². The number of rotatable bonds is 6. The molecule has 2 N–H and O–H groups in total. The summed E-state index contributed by atoms with van der Waals surface area (Å²) >= 11 is 0. The van der Waals surface area contributed by atoms with Gasteiger partial charge in [0, 0.05) is 32.8 Å². The Morgan fingerprint density at radius 2 is 1.96 bits per heavy atom. The monoisotopic (exact) mass is 427 g/mol. The van der Waals surface area contributed by atoms with Gasteiger partial charge in [-0.15, -0.1) is 24.0 Å². The van der Waals surface area contributed by atoms with Crippen molar-refractivity contribution in [3.63, 3.8) is 0 Å². The molecule has 0 saturated heterocycles. The molecule has 0 amide bonds. The first-order valence-electron chi connectivity index (χ1n) is 7.71. The van der Waals surface area contributed by atoms with Gasteiger partial charge in [-0.3, -0.25) is 9.67 Å². The third-order valence-electron chi connectivity index (χ3n) is 3.86. The zero-order chi connectivity index (χ0) is 15.8. The Balaban J connectivity index is 0.00000264. The molecule has 2 rings (SSSR count). The molecule has 1 aromatic heterocycles. The first kappa shape index (κ1) is 19.5. The number of aryl methyl sites for hydroxylation is 1. The minimum absolute atomic E-state index is 0. The van der Waals surface area contributed by atoms with Crippen molar-refractivity contribution in [1.82, 2.24) is 20.4 Å². The van der Waals surface area contributed by atoms with Crippen molar-refractivity contribution in [3.8, 4) is 0 Å². The van der Waals surface area contributed by atoms with Crippen molar-refractivity contribution < 1.29 is 0 Å². The highest BCUT2D eigenvalue weighted by Crippen LogP contribution is 2.17. The number of halogens is 1. The Labute approximate surface area is 155 Å². The van der Waals surface area contributed by atoms with Crippen LogP contribution in [0.3, 0.4) is 0 Å². The van der Waals surface area contributed by atoms with Crippen molar-refractivity contribution in [2.24, 2.45) is 12.0 Å². The summed E-state index contributed by atoms with van der Waals surface area (Å²) in [7, 11) is 3.73. The normalized spacial score (nSPS) is 12.4. The quantitative estimate of drug-likeness (QED) is 0.424. The van der Waals surface area contributed by atoms with E-state index in [1.807, 2.05) is 17.8 Å². The van der Waals surface area contributed by atoms with Crippen LogP contribution in [0.25, 0.3) is 0 Å². The second-order valence-corrected chi connectivity index (χ2v) is 5.27. The lowest BCUT2D eigenvalue weighted by molar-refractivity contribution is 0.625. The Hall–Kier alpha value is -1.57. The summed E-state index contributed by atoms with van der Waals surface area (Å²) in [5.74, 6) is 1.30. The fourth-order valence-electron chi connectivity index (χ4n) is 2.41. The summed E-state index contributed by atoms with van der Waals surface area (Å²) in [6, 6.07) is 12.6. The lowest BCUT2D eigenvalue weighted by atomic mass is 9.97. The summed E-state index contributed by atoms with van der Waals surface area (Å²) in [6.45, 7) is 3.79. The number of hydrogen-bond acceptors (Lipinski definition) is 2. The molecule has 0 aliphatic rings. The molecule has 1 atom stereocenters. The average Bonchev–Trinajstić information content (AvgIpc) is 2.97. The summed E-state index contributed by atoms with van der Waals surface area (Å²) in [5.41, 5.74) is 2.48. The van der Waals surface area contributed by atoms with Crippen LogP contribution in [0.15, 0.2) is 47.6 Å². The van der Waals surface area contributed by atoms with Gasteiger partial charge in [-0.25, -0.2) is 0 Å². The summed E-state index contributed by atoms with van der Waals surface area (Å²) in [4.78, 5) is 4.28. The second-order valence-electron chi connectivity index (χ2n) is 5.27. The molecule has 1 aromatic carbocycles. The largest absolute Gasteiger partial charge is 0.356 e. The highest BCUT2D eigenvalue weighted by molar-refractivity contribution is 14.0. The first-order chi connectivity index (χ1) is 10.7. The van der Waals surface area contributed by atoms with Crippen LogP contribution in [0, 0.1) is 0 Å². The lowest BCUT2D eigenvalue weighted by Gasteiger charge is -2.18. The lowest BCUT2D eigenvalue weighted by Crippen LogP contribution is -2.39. The molecule has 23 heavy (non-hydrogen) atoms. The van der Waals surface area contributed by atoms with Gasteiger partial charge in [-0.2, -0.15) is 5.10 Å². The van der Waals surface area contributed by atoms with Crippen molar-refractivity contribution in [2.75, 3.05) is 13.6 Å². The van der Waals surface area contributed by atoms with Crippen LogP contribution in [-0.2, 0) is 13.6 Å². The predicted octanol–water partition coefficient (Wildman–Crippen LogP) is 2.90. The zero-order valence-corrected chi connectivity index (χ0v) is 16.3. The summed E-state index contributed by atoms with van der Waals surface area (Å²) in [6.07, 6.45) is 2.89. The van der Waals surface area contributed by atoms with Crippen LogP contribution in [0.2, 0.25) is 0 Å². The Morgan fingerprint density at radius 1 is 1.22 bits per heavy atom. The van der Waals surface area contributed by atoms with Crippen molar-refractivity contribution in [2.45, 2.75) is 25.8 Å². The SMILES string of the molecule is CCC(CNC(=NC)NCc1ccnn1C)c1ccccc1.I. The number of hydrogen-bond donors (Lipinski definition) is 2. The molecule has 6 heteroatoms. The van der Waals surface area contributed by atoms with E-state index in [0.717, 1.165) is 24.6 Å². The number of aliphatic imine (C=N–C) groups is 1. The molecular formula is C17H26IN5. The first-order valence-corrected chi connectivity index (χ1v) is 7.71. The van der Waals surface area contributed by atoms with Gasteiger partial charge in [0.1, 0.15) is 0 Å². The van der Waals surface area contributed by atoms with Crippen LogP contribution >= 0.6 is 24.0 Å². The highest BCUT2D eigenvalue weighted by atomic mass is 127. The predicted molar refractivity (Wildman–Crippen MR) is 106 cm³/mol. The van der Waals surface area contributed by atoms with Crippen molar-refractivity contribution in [1.29, 1.82) is 0 Å². The van der Waals surface area contributed by atoms with E-state index in [1.54, 1.807) is 13.2 Å². The summed E-state index contributed by atoms with van der Waals surface area (Å²) in [5, 5.41) is 10.9. The van der Waals surface area contributed by atoms with E-state index in [0.29, 0.717) is 12.5 Å². The topological polar surface area (TPSA) is 54.2 Å². The van der Waals surface area contributed by atoms with E-state index in [4.69, 9.17) is 0 Å². The van der Waals surface area contributed by atoms with Gasteiger partial charge >= 0.3 is 0 Å². The average molecular weight is 427 g/mol. The van der Waals surface area contributed by atoms with E-state index >= 15 is 0 Å². The maximum absolute atomic E-state index is 4.28. The summed E-state index contributed by atoms with van der Waals surface area (Å²) < 4.78 is 1.86. The van der Waals surface area contributed by atoms with E-state index in [1.165, 1.54) is 5.56 Å². The molecule has 1 unspecified atom stereocenters. The van der Waals surface area contributed by atoms with Crippen LogP contribution in [-0.4, -0.2) is 29.3 Å². The molecule has 1 heterocycles. The van der Waals surface area contributed by atoms with Gasteiger partial charge in [-0.05, 0) is 18.1 Å². The van der Waals surface area contributed by atoms with Crippen LogP contribution in [0.5, 0.6) is 0 Å². The van der Waals surface area contributed by atoms with E-state index < -0.39 is 0 Å². The fraction of sp³-hybridized carbons (Fsp3) is 0.412. The number of guanidine groups is 1. The maximum Gasteiger partial charge on any atom is 0.191 e. The smallest absolute Gasteiger partial charge is 0.191 e. The molecule has 5 nitrogen and oxygen atoms in total. The van der Waals surface area contributed by atoms with Gasteiger partial charge < -0.3 is 10.6 Å². The molecule has 0 saturated carbocycles. The van der Waals surface area contributed by atoms with E-state index in [2.05, 4.69) is 58.0 Å². The molecule has 0 aliphatic carbocycles.